The topological polar surface area (TPSA) is 58.0 Å². The van der Waals surface area contributed by atoms with Crippen molar-refractivity contribution in [2.24, 2.45) is 0 Å². The summed E-state index contributed by atoms with van der Waals surface area (Å²) in [5.74, 6) is -0.850. The number of nitrogens with zero attached hydrogens (tertiary/aromatic N) is 1. The number of rotatable bonds is 1. The van der Waals surface area contributed by atoms with Crippen molar-refractivity contribution in [2.75, 3.05) is 0 Å². The van der Waals surface area contributed by atoms with Crippen molar-refractivity contribution < 1.29 is 9.90 Å². The standard InChI is InChI=1S/C15H12N2O2/c18-15(19)10-5-6-17-8-13-11(7-14(10)17)9-3-1-2-4-12(9)16-13/h1-6,16H,7-8H2,(H,18,19). The van der Waals surface area contributed by atoms with E-state index in [1.807, 2.05) is 22.9 Å². The largest absolute Gasteiger partial charge is 0.478 e. The minimum absolute atomic E-state index is 0.413. The normalized spacial score (nSPS) is 13.3. The van der Waals surface area contributed by atoms with Gasteiger partial charge < -0.3 is 14.7 Å². The van der Waals surface area contributed by atoms with Crippen LogP contribution in [0.15, 0.2) is 36.5 Å². The van der Waals surface area contributed by atoms with Crippen LogP contribution in [0.1, 0.15) is 27.3 Å². The number of carboxylic acid groups (broad SMARTS) is 1. The lowest BCUT2D eigenvalue weighted by molar-refractivity contribution is 0.0695. The Morgan fingerprint density at radius 1 is 1.26 bits per heavy atom. The number of nitrogens with one attached hydrogen (secondary N) is 1. The molecule has 0 spiro atoms. The molecule has 3 heterocycles. The van der Waals surface area contributed by atoms with Crippen molar-refractivity contribution in [3.05, 3.63) is 59.0 Å². The number of aromatic amines is 1. The number of fused-ring (bicyclic) bond motifs is 4. The third-order valence-corrected chi connectivity index (χ3v) is 3.88. The quantitative estimate of drug-likeness (QED) is 0.547. The van der Waals surface area contributed by atoms with Crippen LogP contribution >= 0.6 is 0 Å². The van der Waals surface area contributed by atoms with Gasteiger partial charge in [0.05, 0.1) is 12.1 Å². The minimum atomic E-state index is -0.850. The van der Waals surface area contributed by atoms with E-state index in [0.717, 1.165) is 11.2 Å². The summed E-state index contributed by atoms with van der Waals surface area (Å²) >= 11 is 0. The monoisotopic (exact) mass is 252 g/mol. The van der Waals surface area contributed by atoms with Crippen LogP contribution in [0.4, 0.5) is 0 Å². The molecule has 0 saturated heterocycles. The van der Waals surface area contributed by atoms with E-state index in [4.69, 9.17) is 0 Å². The molecular weight excluding hydrogens is 240 g/mol. The van der Waals surface area contributed by atoms with Gasteiger partial charge in [0.2, 0.25) is 0 Å². The molecule has 0 atom stereocenters. The number of carbonyl (C=O) groups is 1. The molecule has 1 aliphatic rings. The fourth-order valence-electron chi connectivity index (χ4n) is 2.98. The summed E-state index contributed by atoms with van der Waals surface area (Å²) in [6, 6.07) is 9.85. The van der Waals surface area contributed by atoms with Crippen LogP contribution in [0.25, 0.3) is 10.9 Å². The minimum Gasteiger partial charge on any atom is -0.478 e. The van der Waals surface area contributed by atoms with E-state index >= 15 is 0 Å². The SMILES string of the molecule is O=C(O)c1ccn2c1Cc1c([nH]c3ccccc13)C2. The smallest absolute Gasteiger partial charge is 0.337 e. The van der Waals surface area contributed by atoms with Gasteiger partial charge in [0.25, 0.3) is 0 Å². The van der Waals surface area contributed by atoms with E-state index in [1.54, 1.807) is 6.07 Å². The summed E-state index contributed by atoms with van der Waals surface area (Å²) in [5, 5.41) is 10.4. The van der Waals surface area contributed by atoms with Crippen LogP contribution in [-0.2, 0) is 13.0 Å². The Kier molecular flexibility index (Phi) is 1.93. The van der Waals surface area contributed by atoms with E-state index < -0.39 is 5.97 Å². The van der Waals surface area contributed by atoms with Crippen LogP contribution < -0.4 is 0 Å². The molecule has 4 rings (SSSR count). The Hall–Kier alpha value is -2.49. The molecule has 0 unspecified atom stereocenters. The Morgan fingerprint density at radius 3 is 2.95 bits per heavy atom. The lowest BCUT2D eigenvalue weighted by Gasteiger charge is -2.17. The van der Waals surface area contributed by atoms with Gasteiger partial charge in [0.1, 0.15) is 0 Å². The molecular formula is C15H12N2O2. The van der Waals surface area contributed by atoms with Crippen molar-refractivity contribution in [1.29, 1.82) is 0 Å². The second-order valence-electron chi connectivity index (χ2n) is 4.91. The molecule has 1 aliphatic heterocycles. The fraction of sp³-hybridized carbons (Fsp3) is 0.133. The summed E-state index contributed by atoms with van der Waals surface area (Å²) in [6.07, 6.45) is 2.53. The van der Waals surface area contributed by atoms with Gasteiger partial charge in [0, 0.05) is 34.9 Å². The molecule has 94 valence electrons. The molecule has 3 aromatic rings. The van der Waals surface area contributed by atoms with Gasteiger partial charge in [-0.1, -0.05) is 18.2 Å². The lowest BCUT2D eigenvalue weighted by Crippen LogP contribution is -2.14. The summed E-state index contributed by atoms with van der Waals surface area (Å²) in [5.41, 5.74) is 4.83. The van der Waals surface area contributed by atoms with Gasteiger partial charge in [0.15, 0.2) is 0 Å². The molecule has 4 heteroatoms. The Labute approximate surface area is 109 Å². The van der Waals surface area contributed by atoms with Gasteiger partial charge >= 0.3 is 5.97 Å². The maximum Gasteiger partial charge on any atom is 0.337 e. The summed E-state index contributed by atoms with van der Waals surface area (Å²) in [7, 11) is 0. The lowest BCUT2D eigenvalue weighted by atomic mass is 10.0. The highest BCUT2D eigenvalue weighted by Crippen LogP contribution is 2.31. The Balaban J connectivity index is 1.92. The highest BCUT2D eigenvalue weighted by Gasteiger charge is 2.23. The molecule has 0 bridgehead atoms. The number of carboxylic acids is 1. The van der Waals surface area contributed by atoms with Crippen molar-refractivity contribution in [3.8, 4) is 0 Å². The van der Waals surface area contributed by atoms with Gasteiger partial charge in [-0.25, -0.2) is 4.79 Å². The molecule has 0 amide bonds. The predicted molar refractivity (Wildman–Crippen MR) is 71.6 cm³/mol. The Bertz CT molecular complexity index is 811. The van der Waals surface area contributed by atoms with E-state index in [1.165, 1.54) is 16.6 Å². The van der Waals surface area contributed by atoms with Crippen molar-refractivity contribution in [2.45, 2.75) is 13.0 Å². The molecule has 1 aromatic carbocycles. The predicted octanol–water partition coefficient (Wildman–Crippen LogP) is 2.62. The number of hydrogen-bond donors (Lipinski definition) is 2. The third-order valence-electron chi connectivity index (χ3n) is 3.88. The fourth-order valence-corrected chi connectivity index (χ4v) is 2.98. The third kappa shape index (κ3) is 1.37. The molecule has 0 aliphatic carbocycles. The second-order valence-corrected chi connectivity index (χ2v) is 4.91. The molecule has 0 saturated carbocycles. The number of aromatic nitrogens is 2. The van der Waals surface area contributed by atoms with Crippen molar-refractivity contribution in [3.63, 3.8) is 0 Å². The zero-order chi connectivity index (χ0) is 13.0. The molecule has 4 nitrogen and oxygen atoms in total. The van der Waals surface area contributed by atoms with Gasteiger partial charge in [-0.2, -0.15) is 0 Å². The molecule has 2 aromatic heterocycles. The zero-order valence-corrected chi connectivity index (χ0v) is 10.2. The number of hydrogen-bond acceptors (Lipinski definition) is 1. The first-order valence-corrected chi connectivity index (χ1v) is 6.24. The number of benzene rings is 1. The van der Waals surface area contributed by atoms with Gasteiger partial charge in [-0.15, -0.1) is 0 Å². The molecule has 19 heavy (non-hydrogen) atoms. The number of H-pyrrole nitrogens is 1. The first-order chi connectivity index (χ1) is 9.24. The average Bonchev–Trinajstić information content (AvgIpc) is 2.96. The van der Waals surface area contributed by atoms with E-state index in [-0.39, 0.29) is 0 Å². The summed E-state index contributed by atoms with van der Waals surface area (Å²) in [6.45, 7) is 0.715. The first kappa shape index (κ1) is 10.4. The number of aromatic carboxylic acids is 1. The van der Waals surface area contributed by atoms with Gasteiger partial charge in [-0.3, -0.25) is 0 Å². The average molecular weight is 252 g/mol. The highest BCUT2D eigenvalue weighted by molar-refractivity contribution is 5.90. The summed E-state index contributed by atoms with van der Waals surface area (Å²) < 4.78 is 2.02. The molecule has 0 fully saturated rings. The zero-order valence-electron chi connectivity index (χ0n) is 10.2. The van der Waals surface area contributed by atoms with Crippen molar-refractivity contribution in [1.82, 2.24) is 9.55 Å². The van der Waals surface area contributed by atoms with Crippen LogP contribution in [0, 0.1) is 0 Å². The van der Waals surface area contributed by atoms with Crippen LogP contribution in [0.3, 0.4) is 0 Å². The van der Waals surface area contributed by atoms with E-state index in [9.17, 15) is 9.90 Å². The number of para-hydroxylation sites is 1. The Morgan fingerprint density at radius 2 is 2.11 bits per heavy atom. The molecule has 2 N–H and O–H groups in total. The van der Waals surface area contributed by atoms with E-state index in [2.05, 4.69) is 17.1 Å². The van der Waals surface area contributed by atoms with Crippen LogP contribution in [0.5, 0.6) is 0 Å². The molecule has 0 radical (unpaired) electrons. The second kappa shape index (κ2) is 3.51. The summed E-state index contributed by atoms with van der Waals surface area (Å²) in [4.78, 5) is 14.7. The van der Waals surface area contributed by atoms with Crippen molar-refractivity contribution >= 4 is 16.9 Å². The first-order valence-electron chi connectivity index (χ1n) is 6.24. The highest BCUT2D eigenvalue weighted by atomic mass is 16.4. The van der Waals surface area contributed by atoms with Gasteiger partial charge in [-0.05, 0) is 17.7 Å². The maximum absolute atomic E-state index is 11.2. The maximum atomic E-state index is 11.2. The van der Waals surface area contributed by atoms with Crippen LogP contribution in [0.2, 0.25) is 0 Å². The van der Waals surface area contributed by atoms with E-state index in [0.29, 0.717) is 18.5 Å². The van der Waals surface area contributed by atoms with Crippen LogP contribution in [-0.4, -0.2) is 20.6 Å².